The Morgan fingerprint density at radius 2 is 1.64 bits per heavy atom. The van der Waals surface area contributed by atoms with Crippen molar-refractivity contribution in [3.8, 4) is 11.4 Å². The number of fused-ring (bicyclic) bond motifs is 2. The lowest BCUT2D eigenvalue weighted by atomic mass is 9.97. The van der Waals surface area contributed by atoms with E-state index in [4.69, 9.17) is 5.84 Å². The Morgan fingerprint density at radius 1 is 1.04 bits per heavy atom. The number of hydrogen-bond donors (Lipinski definition) is 2. The molecule has 28 heavy (non-hydrogen) atoms. The lowest BCUT2D eigenvalue weighted by Gasteiger charge is -2.16. The van der Waals surface area contributed by atoms with Gasteiger partial charge in [0.25, 0.3) is 0 Å². The highest BCUT2D eigenvalue weighted by Crippen LogP contribution is 2.28. The standard InChI is InChI=1S/C15H21N5O.C7H6/c1-4-10-8-7-9-11(5-2)12(10)13-17-14(19-16)18-15(21)20(13)6-3;1-2-7-4-3-6(1)5-7/h7-9H,4-6,16H2,1-3H3,(H,18,19,21);1-4H,5H2. The number of nitrogens with two attached hydrogens (primary N) is 1. The van der Waals surface area contributed by atoms with Gasteiger partial charge in [-0.3, -0.25) is 9.99 Å². The molecule has 6 heteroatoms. The van der Waals surface area contributed by atoms with Gasteiger partial charge in [-0.2, -0.15) is 9.97 Å². The van der Waals surface area contributed by atoms with Gasteiger partial charge in [-0.15, -0.1) is 0 Å². The van der Waals surface area contributed by atoms with Gasteiger partial charge >= 0.3 is 5.69 Å². The molecule has 0 radical (unpaired) electrons. The Morgan fingerprint density at radius 3 is 2.04 bits per heavy atom. The van der Waals surface area contributed by atoms with Crippen LogP contribution < -0.4 is 17.0 Å². The monoisotopic (exact) mass is 377 g/mol. The van der Waals surface area contributed by atoms with Crippen LogP contribution in [0.15, 0.2) is 58.4 Å². The lowest BCUT2D eigenvalue weighted by Crippen LogP contribution is -2.28. The molecule has 2 aromatic rings. The van der Waals surface area contributed by atoms with E-state index in [1.807, 2.05) is 13.0 Å². The Bertz CT molecular complexity index is 972. The first-order valence-electron chi connectivity index (χ1n) is 9.75. The number of hydrogen-bond acceptors (Lipinski definition) is 5. The fourth-order valence-corrected chi connectivity index (χ4v) is 3.51. The van der Waals surface area contributed by atoms with Crippen LogP contribution in [0.25, 0.3) is 11.4 Å². The summed E-state index contributed by atoms with van der Waals surface area (Å²) in [5.74, 6) is 6.15. The molecule has 0 saturated heterocycles. The molecule has 146 valence electrons. The number of nitrogen functional groups attached to an aromatic ring is 1. The molecule has 2 bridgehead atoms. The van der Waals surface area contributed by atoms with E-state index in [-0.39, 0.29) is 11.6 Å². The average Bonchev–Trinajstić information content (AvgIpc) is 3.39. The fraction of sp³-hybridized carbons (Fsp3) is 0.318. The summed E-state index contributed by atoms with van der Waals surface area (Å²) in [6.07, 6.45) is 11.6. The van der Waals surface area contributed by atoms with E-state index >= 15 is 0 Å². The van der Waals surface area contributed by atoms with Crippen LogP contribution in [0.2, 0.25) is 0 Å². The van der Waals surface area contributed by atoms with E-state index in [0.29, 0.717) is 12.4 Å². The molecule has 2 aliphatic carbocycles. The van der Waals surface area contributed by atoms with Crippen molar-refractivity contribution >= 4 is 5.95 Å². The Hall–Kier alpha value is -2.99. The highest BCUT2D eigenvalue weighted by molar-refractivity contribution is 5.66. The second-order valence-electron chi connectivity index (χ2n) is 6.69. The highest BCUT2D eigenvalue weighted by atomic mass is 16.1. The minimum absolute atomic E-state index is 0.146. The SMILES string of the molecule is C1=CC2=CC=C1C2.CCc1cccc(CC)c1-c1nc(NN)nc(=O)n1CC. The minimum Gasteiger partial charge on any atom is -0.292 e. The van der Waals surface area contributed by atoms with Crippen molar-refractivity contribution in [3.63, 3.8) is 0 Å². The summed E-state index contributed by atoms with van der Waals surface area (Å²) in [6, 6.07) is 6.17. The first kappa shape index (κ1) is 19.8. The molecule has 4 rings (SSSR count). The van der Waals surface area contributed by atoms with Crippen LogP contribution in [0.4, 0.5) is 5.95 Å². The summed E-state index contributed by atoms with van der Waals surface area (Å²) in [7, 11) is 0. The topological polar surface area (TPSA) is 85.8 Å². The fourth-order valence-electron chi connectivity index (χ4n) is 3.51. The van der Waals surface area contributed by atoms with Crippen LogP contribution in [-0.2, 0) is 19.4 Å². The molecule has 0 aliphatic heterocycles. The van der Waals surface area contributed by atoms with Gasteiger partial charge < -0.3 is 0 Å². The normalized spacial score (nSPS) is 13.7. The van der Waals surface area contributed by atoms with E-state index < -0.39 is 0 Å². The van der Waals surface area contributed by atoms with Gasteiger partial charge in [0.2, 0.25) is 5.95 Å². The van der Waals surface area contributed by atoms with Gasteiger partial charge in [-0.1, -0.05) is 56.4 Å². The number of anilines is 1. The maximum atomic E-state index is 12.1. The van der Waals surface area contributed by atoms with Gasteiger partial charge in [0.15, 0.2) is 0 Å². The zero-order valence-corrected chi connectivity index (χ0v) is 16.7. The quantitative estimate of drug-likeness (QED) is 0.615. The molecule has 0 amide bonds. The van der Waals surface area contributed by atoms with Crippen molar-refractivity contribution in [2.24, 2.45) is 5.84 Å². The van der Waals surface area contributed by atoms with E-state index in [1.165, 1.54) is 17.6 Å². The van der Waals surface area contributed by atoms with Crippen molar-refractivity contribution < 1.29 is 0 Å². The molecule has 0 spiro atoms. The first-order chi connectivity index (χ1) is 13.6. The van der Waals surface area contributed by atoms with Crippen molar-refractivity contribution in [3.05, 3.63) is 75.3 Å². The Labute approximate surface area is 165 Å². The number of aromatic nitrogens is 3. The summed E-state index contributed by atoms with van der Waals surface area (Å²) in [5.41, 5.74) is 8.30. The Kier molecular flexibility index (Phi) is 6.21. The van der Waals surface area contributed by atoms with Crippen LogP contribution >= 0.6 is 0 Å². The molecule has 3 N–H and O–H groups in total. The molecular weight excluding hydrogens is 350 g/mol. The molecular formula is C22H27N5O. The van der Waals surface area contributed by atoms with E-state index in [2.05, 4.69) is 65.7 Å². The largest absolute Gasteiger partial charge is 0.352 e. The summed E-state index contributed by atoms with van der Waals surface area (Å²) < 4.78 is 1.58. The van der Waals surface area contributed by atoms with Crippen molar-refractivity contribution in [2.45, 2.75) is 46.6 Å². The van der Waals surface area contributed by atoms with E-state index in [0.717, 1.165) is 29.5 Å². The van der Waals surface area contributed by atoms with E-state index in [1.54, 1.807) is 4.57 Å². The zero-order chi connectivity index (χ0) is 20.1. The Balaban J connectivity index is 0.000000264. The second kappa shape index (κ2) is 8.80. The molecule has 0 saturated carbocycles. The van der Waals surface area contributed by atoms with Crippen LogP contribution in [0.1, 0.15) is 38.3 Å². The smallest absolute Gasteiger partial charge is 0.292 e. The number of nitrogens with zero attached hydrogens (tertiary/aromatic N) is 3. The van der Waals surface area contributed by atoms with Gasteiger partial charge in [0, 0.05) is 12.1 Å². The molecule has 6 nitrogen and oxygen atoms in total. The van der Waals surface area contributed by atoms with Crippen LogP contribution in [-0.4, -0.2) is 14.5 Å². The molecule has 0 atom stereocenters. The molecule has 1 aromatic heterocycles. The molecule has 2 aliphatic rings. The number of nitrogens with one attached hydrogen (secondary N) is 1. The van der Waals surface area contributed by atoms with Crippen molar-refractivity contribution in [2.75, 3.05) is 5.43 Å². The van der Waals surface area contributed by atoms with Gasteiger partial charge in [0.05, 0.1) is 0 Å². The third-order valence-corrected chi connectivity index (χ3v) is 5.00. The molecule has 0 unspecified atom stereocenters. The third-order valence-electron chi connectivity index (χ3n) is 5.00. The van der Waals surface area contributed by atoms with Crippen molar-refractivity contribution in [1.82, 2.24) is 14.5 Å². The second-order valence-corrected chi connectivity index (χ2v) is 6.69. The highest BCUT2D eigenvalue weighted by Gasteiger charge is 2.16. The number of benzene rings is 1. The lowest BCUT2D eigenvalue weighted by molar-refractivity contribution is 0.685. The maximum Gasteiger partial charge on any atom is 0.352 e. The summed E-state index contributed by atoms with van der Waals surface area (Å²) >= 11 is 0. The van der Waals surface area contributed by atoms with Gasteiger partial charge in [-0.05, 0) is 48.5 Å². The first-order valence-corrected chi connectivity index (χ1v) is 9.75. The summed E-state index contributed by atoms with van der Waals surface area (Å²) in [4.78, 5) is 20.4. The number of aryl methyl sites for hydroxylation is 2. The van der Waals surface area contributed by atoms with Crippen molar-refractivity contribution in [1.29, 1.82) is 0 Å². The third kappa shape index (κ3) is 3.97. The van der Waals surface area contributed by atoms with Gasteiger partial charge in [-0.25, -0.2) is 10.6 Å². The zero-order valence-electron chi connectivity index (χ0n) is 16.7. The maximum absolute atomic E-state index is 12.1. The molecule has 1 heterocycles. The van der Waals surface area contributed by atoms with Gasteiger partial charge in [0.1, 0.15) is 5.82 Å². The minimum atomic E-state index is -0.344. The number of allylic oxidation sites excluding steroid dienone is 6. The average molecular weight is 377 g/mol. The molecule has 1 aromatic carbocycles. The number of hydrazine groups is 1. The van der Waals surface area contributed by atoms with Crippen LogP contribution in [0, 0.1) is 0 Å². The van der Waals surface area contributed by atoms with E-state index in [9.17, 15) is 4.79 Å². The number of rotatable bonds is 5. The summed E-state index contributed by atoms with van der Waals surface area (Å²) in [6.45, 7) is 6.61. The predicted molar refractivity (Wildman–Crippen MR) is 114 cm³/mol. The predicted octanol–water partition coefficient (Wildman–Crippen LogP) is 3.55. The van der Waals surface area contributed by atoms with Crippen LogP contribution in [0.3, 0.4) is 0 Å². The summed E-state index contributed by atoms with van der Waals surface area (Å²) in [5, 5.41) is 0. The molecule has 0 fully saturated rings. The van der Waals surface area contributed by atoms with Crippen LogP contribution in [0.5, 0.6) is 0 Å².